The van der Waals surface area contributed by atoms with Gasteiger partial charge < -0.3 is 4.84 Å². The molecule has 0 fully saturated rings. The van der Waals surface area contributed by atoms with E-state index in [0.717, 1.165) is 16.8 Å². The molecule has 28 heavy (non-hydrogen) atoms. The highest BCUT2D eigenvalue weighted by Crippen LogP contribution is 2.27. The third kappa shape index (κ3) is 4.13. The van der Waals surface area contributed by atoms with E-state index in [0.29, 0.717) is 11.6 Å². The quantitative estimate of drug-likeness (QED) is 0.344. The zero-order valence-electron chi connectivity index (χ0n) is 17.1. The maximum absolute atomic E-state index is 6.05. The van der Waals surface area contributed by atoms with Gasteiger partial charge in [0.15, 0.2) is 0 Å². The summed E-state index contributed by atoms with van der Waals surface area (Å²) in [7, 11) is 0. The molecule has 0 bridgehead atoms. The van der Waals surface area contributed by atoms with Crippen molar-refractivity contribution in [2.24, 2.45) is 5.16 Å². The average molecular weight is 392 g/mol. The molecule has 0 radical (unpaired) electrons. The van der Waals surface area contributed by atoms with Crippen LogP contribution in [0.15, 0.2) is 59.8 Å². The van der Waals surface area contributed by atoms with Gasteiger partial charge in [-0.2, -0.15) is 0 Å². The van der Waals surface area contributed by atoms with Gasteiger partial charge >= 0.3 is 0 Å². The maximum Gasteiger partial charge on any atom is 0.142 e. The molecule has 0 aliphatic carbocycles. The molecule has 3 aromatic rings. The number of nitrogens with zero attached hydrogens (tertiary/aromatic N) is 1. The average Bonchev–Trinajstić information content (AvgIpc) is 2.72. The van der Waals surface area contributed by atoms with Gasteiger partial charge in [0.2, 0.25) is 0 Å². The van der Waals surface area contributed by atoms with Crippen LogP contribution in [0.25, 0.3) is 0 Å². The number of rotatable bonds is 5. The molecule has 0 N–H and O–H groups in total. The predicted molar refractivity (Wildman–Crippen MR) is 118 cm³/mol. The lowest BCUT2D eigenvalue weighted by atomic mass is 9.90. The minimum atomic E-state index is 0.448. The molecule has 3 heteroatoms. The van der Waals surface area contributed by atoms with Crippen LogP contribution in [-0.4, -0.2) is 5.71 Å². The molecule has 0 saturated heterocycles. The van der Waals surface area contributed by atoms with Gasteiger partial charge in [0, 0.05) is 16.1 Å². The Morgan fingerprint density at radius 1 is 0.714 bits per heavy atom. The minimum Gasteiger partial charge on any atom is -0.390 e. The Kier molecular flexibility index (Phi) is 6.21. The van der Waals surface area contributed by atoms with Crippen molar-refractivity contribution in [3.05, 3.63) is 104 Å². The first kappa shape index (κ1) is 20.2. The zero-order chi connectivity index (χ0) is 20.3. The molecule has 2 nitrogen and oxygen atoms in total. The summed E-state index contributed by atoms with van der Waals surface area (Å²) in [6.45, 7) is 11.3. The van der Waals surface area contributed by atoms with Crippen LogP contribution in [0.4, 0.5) is 0 Å². The second kappa shape index (κ2) is 8.62. The van der Waals surface area contributed by atoms with E-state index in [2.05, 4.69) is 39.8 Å². The van der Waals surface area contributed by atoms with Crippen LogP contribution >= 0.6 is 11.6 Å². The van der Waals surface area contributed by atoms with E-state index in [1.165, 1.54) is 33.4 Å². The van der Waals surface area contributed by atoms with Gasteiger partial charge in [-0.3, -0.25) is 0 Å². The summed E-state index contributed by atoms with van der Waals surface area (Å²) in [4.78, 5) is 5.89. The fourth-order valence-electron chi connectivity index (χ4n) is 3.43. The lowest BCUT2D eigenvalue weighted by Gasteiger charge is -2.18. The van der Waals surface area contributed by atoms with Gasteiger partial charge in [-0.15, -0.1) is 0 Å². The number of oxime groups is 1. The number of benzene rings is 3. The van der Waals surface area contributed by atoms with Crippen molar-refractivity contribution in [3.8, 4) is 0 Å². The number of hydrogen-bond acceptors (Lipinski definition) is 2. The first-order valence-corrected chi connectivity index (χ1v) is 9.85. The number of halogens is 1. The summed E-state index contributed by atoms with van der Waals surface area (Å²) in [5, 5.41) is 5.23. The van der Waals surface area contributed by atoms with E-state index in [-0.39, 0.29) is 0 Å². The SMILES string of the molecule is Cc1c(C)c(C)c(CO/N=C(/c2ccccc2)c2ccc(Cl)cc2)c(C)c1C. The van der Waals surface area contributed by atoms with Gasteiger partial charge in [0.1, 0.15) is 12.3 Å². The maximum atomic E-state index is 6.05. The summed E-state index contributed by atoms with van der Waals surface area (Å²) in [6.07, 6.45) is 0. The first-order valence-electron chi connectivity index (χ1n) is 9.47. The van der Waals surface area contributed by atoms with Crippen molar-refractivity contribution in [1.82, 2.24) is 0 Å². The Balaban J connectivity index is 1.94. The van der Waals surface area contributed by atoms with Crippen LogP contribution < -0.4 is 0 Å². The summed E-state index contributed by atoms with van der Waals surface area (Å²) < 4.78 is 0. The molecule has 0 spiro atoms. The molecule has 0 aliphatic heterocycles. The molecule has 144 valence electrons. The van der Waals surface area contributed by atoms with Gasteiger partial charge in [-0.25, -0.2) is 0 Å². The highest BCUT2D eigenvalue weighted by molar-refractivity contribution is 6.30. The van der Waals surface area contributed by atoms with Crippen LogP contribution in [-0.2, 0) is 11.4 Å². The lowest BCUT2D eigenvalue weighted by molar-refractivity contribution is 0.130. The van der Waals surface area contributed by atoms with Gasteiger partial charge in [0.05, 0.1) is 0 Å². The summed E-state index contributed by atoms with van der Waals surface area (Å²) in [5.41, 5.74) is 10.6. The topological polar surface area (TPSA) is 21.6 Å². The van der Waals surface area contributed by atoms with E-state index < -0.39 is 0 Å². The van der Waals surface area contributed by atoms with Crippen molar-refractivity contribution in [3.63, 3.8) is 0 Å². The van der Waals surface area contributed by atoms with E-state index in [9.17, 15) is 0 Å². The van der Waals surface area contributed by atoms with Crippen molar-refractivity contribution >= 4 is 17.3 Å². The molecule has 0 amide bonds. The van der Waals surface area contributed by atoms with E-state index in [4.69, 9.17) is 16.4 Å². The molecule has 0 saturated carbocycles. The second-order valence-electron chi connectivity index (χ2n) is 7.19. The monoisotopic (exact) mass is 391 g/mol. The van der Waals surface area contributed by atoms with Crippen LogP contribution in [0.5, 0.6) is 0 Å². The predicted octanol–water partition coefficient (Wildman–Crippen LogP) is 6.85. The highest BCUT2D eigenvalue weighted by atomic mass is 35.5. The van der Waals surface area contributed by atoms with Crippen molar-refractivity contribution in [2.45, 2.75) is 41.2 Å². The molecule has 0 heterocycles. The highest BCUT2D eigenvalue weighted by Gasteiger charge is 2.13. The largest absolute Gasteiger partial charge is 0.390 e. The van der Waals surface area contributed by atoms with Crippen LogP contribution in [0, 0.1) is 34.6 Å². The van der Waals surface area contributed by atoms with Crippen LogP contribution in [0.1, 0.15) is 44.5 Å². The van der Waals surface area contributed by atoms with E-state index >= 15 is 0 Å². The van der Waals surface area contributed by atoms with Gasteiger partial charge in [-0.1, -0.05) is 59.2 Å². The van der Waals surface area contributed by atoms with Crippen LogP contribution in [0.3, 0.4) is 0 Å². The Labute approximate surface area is 172 Å². The summed E-state index contributed by atoms with van der Waals surface area (Å²) >= 11 is 6.05. The Bertz CT molecular complexity index is 976. The Morgan fingerprint density at radius 3 is 1.79 bits per heavy atom. The van der Waals surface area contributed by atoms with Crippen molar-refractivity contribution in [2.75, 3.05) is 0 Å². The van der Waals surface area contributed by atoms with Crippen molar-refractivity contribution < 1.29 is 4.84 Å². The van der Waals surface area contributed by atoms with Gasteiger partial charge in [0.25, 0.3) is 0 Å². The Hall–Kier alpha value is -2.58. The van der Waals surface area contributed by atoms with E-state index in [1.807, 2.05) is 54.6 Å². The molecule has 3 rings (SSSR count). The fourth-order valence-corrected chi connectivity index (χ4v) is 3.56. The smallest absolute Gasteiger partial charge is 0.142 e. The molecule has 3 aromatic carbocycles. The third-order valence-corrected chi connectivity index (χ3v) is 5.94. The summed E-state index contributed by atoms with van der Waals surface area (Å²) in [5.74, 6) is 0. The zero-order valence-corrected chi connectivity index (χ0v) is 17.9. The summed E-state index contributed by atoms with van der Waals surface area (Å²) in [6, 6.07) is 17.7. The van der Waals surface area contributed by atoms with Crippen molar-refractivity contribution in [1.29, 1.82) is 0 Å². The molecular weight excluding hydrogens is 366 g/mol. The standard InChI is InChI=1S/C25H26ClNO/c1-16-17(2)19(4)24(20(5)18(16)3)15-28-27-25(21-9-7-6-8-10-21)22-11-13-23(26)14-12-22/h6-14H,15H2,1-5H3/b27-25-. The minimum absolute atomic E-state index is 0.448. The molecule has 0 aliphatic rings. The first-order chi connectivity index (χ1) is 13.4. The Morgan fingerprint density at radius 2 is 1.21 bits per heavy atom. The van der Waals surface area contributed by atoms with E-state index in [1.54, 1.807) is 0 Å². The second-order valence-corrected chi connectivity index (χ2v) is 7.63. The molecule has 0 atom stereocenters. The normalized spacial score (nSPS) is 11.6. The molecule has 0 unspecified atom stereocenters. The molecule has 0 aromatic heterocycles. The lowest BCUT2D eigenvalue weighted by Crippen LogP contribution is -2.07. The van der Waals surface area contributed by atoms with Gasteiger partial charge in [-0.05, 0) is 80.1 Å². The van der Waals surface area contributed by atoms with Crippen LogP contribution in [0.2, 0.25) is 5.02 Å². The molecular formula is C25H26ClNO. The third-order valence-electron chi connectivity index (χ3n) is 5.68. The number of hydrogen-bond donors (Lipinski definition) is 0. The fraction of sp³-hybridized carbons (Fsp3) is 0.240.